The van der Waals surface area contributed by atoms with Gasteiger partial charge in [-0.05, 0) is 48.4 Å². The highest BCUT2D eigenvalue weighted by Gasteiger charge is 2.62. The molecule has 36 heavy (non-hydrogen) atoms. The molecule has 188 valence electrons. The average molecular weight is 518 g/mol. The third-order valence-corrected chi connectivity index (χ3v) is 6.18. The number of benzene rings is 3. The number of nitrogens with one attached hydrogen (secondary N) is 2. The first kappa shape index (κ1) is 25.5. The Morgan fingerprint density at radius 2 is 1.81 bits per heavy atom. The van der Waals surface area contributed by atoms with E-state index >= 15 is 0 Å². The number of carbonyl (C=O) groups excluding carboxylic acids is 2. The zero-order valence-corrected chi connectivity index (χ0v) is 20.3. The third-order valence-electron chi connectivity index (χ3n) is 5.96. The molecule has 6 nitrogen and oxygen atoms in total. The lowest BCUT2D eigenvalue weighted by Gasteiger charge is -2.30. The summed E-state index contributed by atoms with van der Waals surface area (Å²) in [5.74, 6) is -0.809. The number of rotatable bonds is 6. The minimum atomic E-state index is -4.77. The fourth-order valence-electron chi connectivity index (χ4n) is 4.28. The van der Waals surface area contributed by atoms with E-state index in [2.05, 4.69) is 15.8 Å². The molecular formula is C26H23ClF3N3O3. The topological polar surface area (TPSA) is 79.8 Å². The second-order valence-corrected chi connectivity index (χ2v) is 8.93. The number of nitrogens with zero attached hydrogens (tertiary/aromatic N) is 1. The maximum absolute atomic E-state index is 14.4. The fraction of sp³-hybridized carbons (Fsp3) is 0.269. The lowest BCUT2D eigenvalue weighted by molar-refractivity contribution is -0.275. The van der Waals surface area contributed by atoms with E-state index in [9.17, 15) is 22.8 Å². The minimum Gasteiger partial charge on any atom is -0.374 e. The summed E-state index contributed by atoms with van der Waals surface area (Å²) in [7, 11) is 0. The van der Waals surface area contributed by atoms with E-state index in [1.54, 1.807) is 50.2 Å². The lowest BCUT2D eigenvalue weighted by Crippen LogP contribution is -2.42. The van der Waals surface area contributed by atoms with E-state index in [0.29, 0.717) is 28.4 Å². The molecule has 1 atom stereocenters. The van der Waals surface area contributed by atoms with Gasteiger partial charge in [-0.1, -0.05) is 53.2 Å². The summed E-state index contributed by atoms with van der Waals surface area (Å²) < 4.78 is 43.2. The van der Waals surface area contributed by atoms with Crippen LogP contribution in [-0.4, -0.2) is 36.8 Å². The quantitative estimate of drug-likeness (QED) is 0.469. The second-order valence-electron chi connectivity index (χ2n) is 8.49. The summed E-state index contributed by atoms with van der Waals surface area (Å²) in [5, 5.41) is 10.2. The Kier molecular flexibility index (Phi) is 6.95. The predicted octanol–water partition coefficient (Wildman–Crippen LogP) is 5.25. The Bertz CT molecular complexity index is 1350. The summed E-state index contributed by atoms with van der Waals surface area (Å²) in [5.41, 5.74) is -1.48. The molecule has 0 saturated heterocycles. The van der Waals surface area contributed by atoms with Gasteiger partial charge in [-0.15, -0.1) is 0 Å². The molecule has 0 fully saturated rings. The van der Waals surface area contributed by atoms with E-state index in [-0.39, 0.29) is 34.3 Å². The van der Waals surface area contributed by atoms with E-state index in [1.807, 2.05) is 0 Å². The van der Waals surface area contributed by atoms with Gasteiger partial charge in [-0.2, -0.15) is 13.2 Å². The summed E-state index contributed by atoms with van der Waals surface area (Å²) in [6.07, 6.45) is -5.34. The van der Waals surface area contributed by atoms with Gasteiger partial charge in [0.05, 0.1) is 12.3 Å². The van der Waals surface area contributed by atoms with Crippen LogP contribution in [0.1, 0.15) is 40.4 Å². The minimum absolute atomic E-state index is 0.0930. The number of likely N-dealkylation sites (N-methyl/N-ethyl adjacent to an activating group) is 1. The average Bonchev–Trinajstić information content (AvgIpc) is 3.28. The molecular weight excluding hydrogens is 495 g/mol. The first-order chi connectivity index (χ1) is 17.1. The summed E-state index contributed by atoms with van der Waals surface area (Å²) in [6, 6.07) is 14.1. The van der Waals surface area contributed by atoms with Crippen molar-refractivity contribution in [1.29, 1.82) is 0 Å². The summed E-state index contributed by atoms with van der Waals surface area (Å²) in [6.45, 7) is 3.66. The highest BCUT2D eigenvalue weighted by atomic mass is 35.5. The van der Waals surface area contributed by atoms with Crippen LogP contribution in [0.3, 0.4) is 0 Å². The molecule has 0 bridgehead atoms. The molecule has 0 spiro atoms. The van der Waals surface area contributed by atoms with Gasteiger partial charge in [-0.3, -0.25) is 9.59 Å². The third kappa shape index (κ3) is 4.75. The van der Waals surface area contributed by atoms with E-state index < -0.39 is 24.1 Å². The smallest absolute Gasteiger partial charge is 0.374 e. The van der Waals surface area contributed by atoms with E-state index in [1.165, 1.54) is 18.2 Å². The largest absolute Gasteiger partial charge is 0.435 e. The molecule has 1 aliphatic heterocycles. The molecule has 0 aromatic heterocycles. The second kappa shape index (κ2) is 9.81. The van der Waals surface area contributed by atoms with Gasteiger partial charge in [0, 0.05) is 34.7 Å². The normalized spacial score (nSPS) is 17.4. The summed E-state index contributed by atoms with van der Waals surface area (Å²) in [4.78, 5) is 29.7. The van der Waals surface area contributed by atoms with Crippen molar-refractivity contribution in [2.45, 2.75) is 32.0 Å². The van der Waals surface area contributed by atoms with Crippen molar-refractivity contribution in [2.75, 3.05) is 13.1 Å². The molecule has 0 saturated carbocycles. The molecule has 0 aliphatic carbocycles. The number of alkyl halides is 3. The van der Waals surface area contributed by atoms with Gasteiger partial charge in [0.25, 0.3) is 11.5 Å². The van der Waals surface area contributed by atoms with Gasteiger partial charge in [0.1, 0.15) is 0 Å². The molecule has 3 aromatic rings. The van der Waals surface area contributed by atoms with Crippen LogP contribution in [0.25, 0.3) is 10.8 Å². The number of hydrogen-bond acceptors (Lipinski definition) is 4. The molecule has 2 N–H and O–H groups in total. The van der Waals surface area contributed by atoms with Crippen LogP contribution >= 0.6 is 11.6 Å². The first-order valence-electron chi connectivity index (χ1n) is 11.2. The maximum Gasteiger partial charge on any atom is 0.435 e. The molecule has 2 amide bonds. The molecule has 0 unspecified atom stereocenters. The molecule has 10 heteroatoms. The molecule has 0 radical (unpaired) electrons. The first-order valence-corrected chi connectivity index (χ1v) is 11.6. The number of carbonyl (C=O) groups is 2. The highest BCUT2D eigenvalue weighted by molar-refractivity contribution is 6.30. The van der Waals surface area contributed by atoms with Crippen molar-refractivity contribution in [3.63, 3.8) is 0 Å². The Morgan fingerprint density at radius 1 is 1.08 bits per heavy atom. The number of amides is 2. The zero-order chi connectivity index (χ0) is 26.1. The molecule has 4 rings (SSSR count). The maximum atomic E-state index is 14.4. The van der Waals surface area contributed by atoms with Crippen LogP contribution in [0, 0.1) is 6.92 Å². The van der Waals surface area contributed by atoms with Crippen molar-refractivity contribution in [2.24, 2.45) is 5.16 Å². The Balaban J connectivity index is 1.71. The van der Waals surface area contributed by atoms with Crippen LogP contribution in [0.5, 0.6) is 0 Å². The number of halogens is 4. The standard InChI is InChI=1S/C26H23ClF3N3O3/c1-3-31-23(34)14-32-24(35)21-9-8-20(18-6-4-5-7-19(18)21)22-13-25(36-33-22,26(28,29)30)16-10-15(2)11-17(27)12-16/h4-12H,3,13-14H2,1-2H3,(H,31,34)(H,32,35)/t25-/m0/s1. The SMILES string of the molecule is CCNC(=O)CNC(=O)c1ccc(C2=NO[C@@](c3cc(C)cc(Cl)c3)(C(F)(F)F)C2)c2ccccc12. The van der Waals surface area contributed by atoms with Crippen LogP contribution in [-0.2, 0) is 15.2 Å². The predicted molar refractivity (Wildman–Crippen MR) is 131 cm³/mol. The van der Waals surface area contributed by atoms with Crippen molar-refractivity contribution in [3.05, 3.63) is 81.9 Å². The molecule has 1 heterocycles. The Hall–Kier alpha value is -3.59. The van der Waals surface area contributed by atoms with Crippen molar-refractivity contribution in [1.82, 2.24) is 10.6 Å². The number of oxime groups is 1. The van der Waals surface area contributed by atoms with Crippen molar-refractivity contribution in [3.8, 4) is 0 Å². The van der Waals surface area contributed by atoms with E-state index in [0.717, 1.165) is 0 Å². The zero-order valence-electron chi connectivity index (χ0n) is 19.5. The Morgan fingerprint density at radius 3 is 2.47 bits per heavy atom. The van der Waals surface area contributed by atoms with Gasteiger partial charge in [-0.25, -0.2) is 0 Å². The van der Waals surface area contributed by atoms with Gasteiger partial charge in [0.15, 0.2) is 0 Å². The molecule has 3 aromatic carbocycles. The number of fused-ring (bicyclic) bond motifs is 1. The van der Waals surface area contributed by atoms with Crippen molar-refractivity contribution < 1.29 is 27.6 Å². The van der Waals surface area contributed by atoms with Crippen molar-refractivity contribution >= 4 is 39.9 Å². The Labute approximate surface area is 210 Å². The van der Waals surface area contributed by atoms with Gasteiger partial charge < -0.3 is 15.5 Å². The van der Waals surface area contributed by atoms with Crippen LogP contribution < -0.4 is 10.6 Å². The van der Waals surface area contributed by atoms with Crippen LogP contribution in [0.15, 0.2) is 59.8 Å². The van der Waals surface area contributed by atoms with E-state index in [4.69, 9.17) is 16.4 Å². The molecule has 1 aliphatic rings. The van der Waals surface area contributed by atoms with Crippen LogP contribution in [0.4, 0.5) is 13.2 Å². The highest BCUT2D eigenvalue weighted by Crippen LogP contribution is 2.49. The van der Waals surface area contributed by atoms with Gasteiger partial charge >= 0.3 is 6.18 Å². The summed E-state index contributed by atoms with van der Waals surface area (Å²) >= 11 is 6.06. The lowest BCUT2D eigenvalue weighted by atomic mass is 9.84. The monoisotopic (exact) mass is 517 g/mol. The number of aryl methyl sites for hydroxylation is 1. The fourth-order valence-corrected chi connectivity index (χ4v) is 4.57. The van der Waals surface area contributed by atoms with Crippen LogP contribution in [0.2, 0.25) is 5.02 Å². The van der Waals surface area contributed by atoms with Gasteiger partial charge in [0.2, 0.25) is 5.91 Å². The number of hydrogen-bond donors (Lipinski definition) is 2.